The Kier molecular flexibility index (Phi) is 8.31. The molecular weight excluding hydrogens is 569 g/mol. The van der Waals surface area contributed by atoms with E-state index in [-0.39, 0.29) is 23.1 Å². The number of hydrogen-bond acceptors (Lipinski definition) is 1. The van der Waals surface area contributed by atoms with Crippen molar-refractivity contribution in [2.24, 2.45) is 0 Å². The summed E-state index contributed by atoms with van der Waals surface area (Å²) in [7, 11) is 0. The number of benzene rings is 5. The van der Waals surface area contributed by atoms with Crippen molar-refractivity contribution >= 4 is 0 Å². The largest absolute Gasteiger partial charge is 0.432 e. The molecule has 0 aliphatic rings. The van der Waals surface area contributed by atoms with Crippen LogP contribution >= 0.6 is 0 Å². The first-order chi connectivity index (χ1) is 20.5. The van der Waals surface area contributed by atoms with E-state index in [4.69, 9.17) is 0 Å². The van der Waals surface area contributed by atoms with E-state index in [0.29, 0.717) is 34.7 Å². The highest BCUT2D eigenvalue weighted by Crippen LogP contribution is 2.38. The van der Waals surface area contributed by atoms with Gasteiger partial charge in [-0.15, -0.1) is 0 Å². The van der Waals surface area contributed by atoms with E-state index in [9.17, 15) is 26.3 Å². The number of hydrogen-bond donors (Lipinski definition) is 0. The van der Waals surface area contributed by atoms with Crippen molar-refractivity contribution in [2.45, 2.75) is 32.8 Å². The van der Waals surface area contributed by atoms with Gasteiger partial charge in [0, 0.05) is 17.2 Å². The Hall–Kier alpha value is -4.59. The molecule has 0 radical (unpaired) electrons. The third kappa shape index (κ3) is 6.28. The molecule has 1 nitrogen and oxygen atoms in total. The van der Waals surface area contributed by atoms with Gasteiger partial charge < -0.3 is 4.74 Å². The van der Waals surface area contributed by atoms with Gasteiger partial charge in [-0.1, -0.05) is 67.4 Å². The molecule has 220 valence electrons. The Labute approximate surface area is 244 Å². The quantitative estimate of drug-likeness (QED) is 0.162. The maximum atomic E-state index is 15.0. The molecule has 0 bridgehead atoms. The summed E-state index contributed by atoms with van der Waals surface area (Å²) in [5.74, 6) is -5.92. The molecule has 0 spiro atoms. The molecule has 0 saturated carbocycles. The first-order valence-electron chi connectivity index (χ1n) is 13.5. The molecule has 0 N–H and O–H groups in total. The highest BCUT2D eigenvalue weighted by molar-refractivity contribution is 5.71. The van der Waals surface area contributed by atoms with Crippen molar-refractivity contribution in [1.29, 1.82) is 0 Å². The minimum Gasteiger partial charge on any atom is -0.429 e. The first-order valence-corrected chi connectivity index (χ1v) is 13.5. The molecule has 0 heterocycles. The molecule has 5 aromatic rings. The zero-order valence-electron chi connectivity index (χ0n) is 23.1. The summed E-state index contributed by atoms with van der Waals surface area (Å²) in [6.07, 6.45) is -3.59. The molecule has 0 saturated heterocycles. The van der Waals surface area contributed by atoms with E-state index < -0.39 is 46.5 Å². The summed E-state index contributed by atoms with van der Waals surface area (Å²) in [5.41, 5.74) is 1.01. The van der Waals surface area contributed by atoms with Crippen LogP contribution in [0.3, 0.4) is 0 Å². The summed E-state index contributed by atoms with van der Waals surface area (Å²) in [4.78, 5) is 0. The Balaban J connectivity index is 1.36. The highest BCUT2D eigenvalue weighted by Gasteiger charge is 2.41. The molecule has 0 amide bonds. The lowest BCUT2D eigenvalue weighted by atomic mass is 9.98. The molecule has 0 aliphatic heterocycles. The maximum absolute atomic E-state index is 15.0. The van der Waals surface area contributed by atoms with Gasteiger partial charge in [0.2, 0.25) is 0 Å². The molecule has 43 heavy (non-hydrogen) atoms. The standard InChI is InChI=1S/C35H25F7O/c1-3-4-28-29(36)15-24(16-30(28)37)22-9-11-23(12-10-22)27-14-13-26(19-31(27)38)43-35(41,42)34-32(39)17-25(18-33(34)40)21-7-5-20(2)6-8-21/h5-19H,3-4H2,1-2H3. The minimum absolute atomic E-state index is 0.0163. The summed E-state index contributed by atoms with van der Waals surface area (Å²) >= 11 is 0. The van der Waals surface area contributed by atoms with Gasteiger partial charge in [0.25, 0.3) is 0 Å². The summed E-state index contributed by atoms with van der Waals surface area (Å²) < 4.78 is 108. The van der Waals surface area contributed by atoms with E-state index in [1.54, 1.807) is 36.4 Å². The van der Waals surface area contributed by atoms with E-state index in [1.165, 1.54) is 30.3 Å². The van der Waals surface area contributed by atoms with E-state index in [0.717, 1.165) is 23.8 Å². The van der Waals surface area contributed by atoms with E-state index >= 15 is 4.39 Å². The Morgan fingerprint density at radius 2 is 1.05 bits per heavy atom. The fourth-order valence-electron chi connectivity index (χ4n) is 4.86. The Morgan fingerprint density at radius 3 is 1.56 bits per heavy atom. The average Bonchev–Trinajstić information content (AvgIpc) is 2.95. The second-order valence-corrected chi connectivity index (χ2v) is 10.2. The minimum atomic E-state index is -4.45. The zero-order chi connectivity index (χ0) is 30.9. The summed E-state index contributed by atoms with van der Waals surface area (Å²) in [5, 5.41) is 0. The third-order valence-corrected chi connectivity index (χ3v) is 7.07. The predicted octanol–water partition coefficient (Wildman–Crippen LogP) is 10.8. The normalized spacial score (nSPS) is 11.6. The average molecular weight is 595 g/mol. The first kappa shape index (κ1) is 29.9. The molecule has 8 heteroatoms. The predicted molar refractivity (Wildman–Crippen MR) is 152 cm³/mol. The number of halogens is 7. The van der Waals surface area contributed by atoms with Gasteiger partial charge in [0.05, 0.1) is 0 Å². The van der Waals surface area contributed by atoms with Gasteiger partial charge in [-0.05, 0) is 77.6 Å². The van der Waals surface area contributed by atoms with Crippen molar-refractivity contribution in [2.75, 3.05) is 0 Å². The van der Waals surface area contributed by atoms with Crippen LogP contribution in [0.1, 0.15) is 30.0 Å². The molecule has 0 aromatic heterocycles. The second-order valence-electron chi connectivity index (χ2n) is 10.2. The fraction of sp³-hybridized carbons (Fsp3) is 0.143. The van der Waals surface area contributed by atoms with Gasteiger partial charge in [-0.3, -0.25) is 0 Å². The second kappa shape index (κ2) is 12.0. The Morgan fingerprint density at radius 1 is 0.558 bits per heavy atom. The lowest BCUT2D eigenvalue weighted by Gasteiger charge is -2.20. The van der Waals surface area contributed by atoms with Gasteiger partial charge in [-0.25, -0.2) is 22.0 Å². The van der Waals surface area contributed by atoms with Crippen LogP contribution in [0.4, 0.5) is 30.7 Å². The van der Waals surface area contributed by atoms with Crippen LogP contribution in [0, 0.1) is 36.0 Å². The van der Waals surface area contributed by atoms with Gasteiger partial charge >= 0.3 is 6.11 Å². The SMILES string of the molecule is CCCc1c(F)cc(-c2ccc(-c3ccc(OC(F)(F)c4c(F)cc(-c5ccc(C)cc5)cc4F)cc3F)cc2)cc1F. The summed E-state index contributed by atoms with van der Waals surface area (Å²) in [6, 6.07) is 19.7. The Bertz CT molecular complexity index is 1730. The fourth-order valence-corrected chi connectivity index (χ4v) is 4.86. The van der Waals surface area contributed by atoms with Crippen molar-refractivity contribution in [1.82, 2.24) is 0 Å². The van der Waals surface area contributed by atoms with Crippen LogP contribution in [-0.2, 0) is 12.5 Å². The third-order valence-electron chi connectivity index (χ3n) is 7.07. The van der Waals surface area contributed by atoms with Crippen molar-refractivity contribution in [3.05, 3.63) is 137 Å². The molecule has 0 unspecified atom stereocenters. The number of aryl methyl sites for hydroxylation is 1. The molecular formula is C35H25F7O. The van der Waals surface area contributed by atoms with Crippen LogP contribution in [-0.4, -0.2) is 0 Å². The number of alkyl halides is 2. The molecule has 0 aliphatic carbocycles. The van der Waals surface area contributed by atoms with Crippen molar-refractivity contribution in [3.63, 3.8) is 0 Å². The molecule has 5 rings (SSSR count). The maximum Gasteiger partial charge on any atom is 0.432 e. The van der Waals surface area contributed by atoms with Crippen LogP contribution in [0.25, 0.3) is 33.4 Å². The highest BCUT2D eigenvalue weighted by atomic mass is 19.3. The van der Waals surface area contributed by atoms with Crippen LogP contribution in [0.5, 0.6) is 5.75 Å². The van der Waals surface area contributed by atoms with Crippen molar-refractivity contribution < 1.29 is 35.5 Å². The topological polar surface area (TPSA) is 9.23 Å². The van der Waals surface area contributed by atoms with Gasteiger partial charge in [0.1, 0.15) is 40.4 Å². The molecule has 0 fully saturated rings. The van der Waals surface area contributed by atoms with Crippen LogP contribution < -0.4 is 4.74 Å². The lowest BCUT2D eigenvalue weighted by molar-refractivity contribution is -0.189. The smallest absolute Gasteiger partial charge is 0.429 e. The van der Waals surface area contributed by atoms with Crippen molar-refractivity contribution in [3.8, 4) is 39.1 Å². The van der Waals surface area contributed by atoms with Gasteiger partial charge in [0.15, 0.2) is 0 Å². The van der Waals surface area contributed by atoms with E-state index in [1.807, 2.05) is 13.8 Å². The van der Waals surface area contributed by atoms with E-state index in [2.05, 4.69) is 4.74 Å². The monoisotopic (exact) mass is 594 g/mol. The van der Waals surface area contributed by atoms with Crippen LogP contribution in [0.2, 0.25) is 0 Å². The zero-order valence-corrected chi connectivity index (χ0v) is 23.1. The van der Waals surface area contributed by atoms with Gasteiger partial charge in [-0.2, -0.15) is 8.78 Å². The number of ether oxygens (including phenoxy) is 1. The number of rotatable bonds is 8. The molecule has 0 atom stereocenters. The molecule has 5 aromatic carbocycles. The summed E-state index contributed by atoms with van der Waals surface area (Å²) in [6.45, 7) is 3.65. The van der Waals surface area contributed by atoms with Crippen LogP contribution in [0.15, 0.2) is 91.0 Å². The lowest BCUT2D eigenvalue weighted by Crippen LogP contribution is -2.25.